The summed E-state index contributed by atoms with van der Waals surface area (Å²) in [6, 6.07) is 0. The molecule has 78 valence electrons. The van der Waals surface area contributed by atoms with E-state index >= 15 is 0 Å². The molecule has 0 saturated carbocycles. The summed E-state index contributed by atoms with van der Waals surface area (Å²) in [5.74, 6) is -0.464. The summed E-state index contributed by atoms with van der Waals surface area (Å²) in [7, 11) is 0. The fraction of sp³-hybridized carbons (Fsp3) is 0.500. The number of aliphatic hydroxyl groups is 1. The highest BCUT2D eigenvalue weighted by Crippen LogP contribution is 2.09. The zero-order valence-electron chi connectivity index (χ0n) is 7.87. The smallest absolute Gasteiger partial charge is 0.222 e. The second-order valence-electron chi connectivity index (χ2n) is 2.99. The van der Waals surface area contributed by atoms with Crippen molar-refractivity contribution in [1.82, 2.24) is 9.97 Å². The molecule has 0 fully saturated rings. The predicted octanol–water partition coefficient (Wildman–Crippen LogP) is 0.381. The van der Waals surface area contributed by atoms with E-state index in [9.17, 15) is 4.39 Å². The Morgan fingerprint density at radius 3 is 3.07 bits per heavy atom. The number of hydrogen-bond acceptors (Lipinski definition) is 5. The number of nitrogens with two attached hydrogens (primary N) is 1. The van der Waals surface area contributed by atoms with E-state index in [0.29, 0.717) is 13.0 Å². The van der Waals surface area contributed by atoms with Crippen molar-refractivity contribution in [3.05, 3.63) is 12.0 Å². The number of hydrogen-bond donors (Lipinski definition) is 3. The van der Waals surface area contributed by atoms with E-state index in [2.05, 4.69) is 15.3 Å². The van der Waals surface area contributed by atoms with Crippen LogP contribution in [-0.2, 0) is 0 Å². The largest absolute Gasteiger partial charge is 0.393 e. The third-order valence-corrected chi connectivity index (χ3v) is 1.62. The van der Waals surface area contributed by atoms with Crippen LogP contribution < -0.4 is 11.1 Å². The van der Waals surface area contributed by atoms with Crippen LogP contribution in [0.4, 0.5) is 16.2 Å². The van der Waals surface area contributed by atoms with Gasteiger partial charge in [-0.1, -0.05) is 0 Å². The van der Waals surface area contributed by atoms with Crippen molar-refractivity contribution < 1.29 is 9.50 Å². The van der Waals surface area contributed by atoms with Gasteiger partial charge in [0.2, 0.25) is 5.95 Å². The normalized spacial score (nSPS) is 12.5. The van der Waals surface area contributed by atoms with Gasteiger partial charge in [-0.05, 0) is 13.3 Å². The molecule has 0 bridgehead atoms. The number of aromatic nitrogens is 2. The number of nitrogens with one attached hydrogen (secondary N) is 1. The van der Waals surface area contributed by atoms with Crippen LogP contribution in [0, 0.1) is 5.82 Å². The summed E-state index contributed by atoms with van der Waals surface area (Å²) in [5, 5.41) is 11.7. The predicted molar refractivity (Wildman–Crippen MR) is 51.2 cm³/mol. The summed E-state index contributed by atoms with van der Waals surface area (Å²) in [6.45, 7) is 2.09. The molecule has 0 aliphatic rings. The van der Waals surface area contributed by atoms with Crippen LogP contribution in [0.15, 0.2) is 6.20 Å². The number of anilines is 2. The fourth-order valence-electron chi connectivity index (χ4n) is 0.904. The summed E-state index contributed by atoms with van der Waals surface area (Å²) in [5.41, 5.74) is 5.28. The second-order valence-corrected chi connectivity index (χ2v) is 2.99. The lowest BCUT2D eigenvalue weighted by Gasteiger charge is -2.07. The van der Waals surface area contributed by atoms with E-state index in [1.165, 1.54) is 0 Å². The molecule has 5 nitrogen and oxygen atoms in total. The van der Waals surface area contributed by atoms with Gasteiger partial charge in [-0.2, -0.15) is 4.98 Å². The van der Waals surface area contributed by atoms with Gasteiger partial charge in [-0.3, -0.25) is 0 Å². The first-order chi connectivity index (χ1) is 6.59. The average molecular weight is 200 g/mol. The van der Waals surface area contributed by atoms with Gasteiger partial charge in [0.05, 0.1) is 12.3 Å². The molecule has 1 aromatic rings. The molecular weight excluding hydrogens is 187 g/mol. The van der Waals surface area contributed by atoms with Gasteiger partial charge in [0.25, 0.3) is 0 Å². The number of aliphatic hydroxyl groups excluding tert-OH is 1. The molecular formula is C8H13FN4O. The molecule has 0 saturated heterocycles. The van der Waals surface area contributed by atoms with Crippen molar-refractivity contribution >= 4 is 11.8 Å². The summed E-state index contributed by atoms with van der Waals surface area (Å²) in [4.78, 5) is 7.15. The van der Waals surface area contributed by atoms with Gasteiger partial charge in [-0.25, -0.2) is 9.37 Å². The first-order valence-corrected chi connectivity index (χ1v) is 4.29. The average Bonchev–Trinajstić information content (AvgIpc) is 2.10. The fourth-order valence-corrected chi connectivity index (χ4v) is 0.904. The first kappa shape index (κ1) is 10.6. The third kappa shape index (κ3) is 3.14. The molecule has 1 atom stereocenters. The Morgan fingerprint density at radius 2 is 2.43 bits per heavy atom. The SMILES string of the molecule is CC(O)CCNc1nc(N)ncc1F. The van der Waals surface area contributed by atoms with E-state index in [4.69, 9.17) is 10.8 Å². The lowest BCUT2D eigenvalue weighted by molar-refractivity contribution is 0.188. The van der Waals surface area contributed by atoms with Crippen LogP contribution in [-0.4, -0.2) is 27.7 Å². The summed E-state index contributed by atoms with van der Waals surface area (Å²) >= 11 is 0. The van der Waals surface area contributed by atoms with Crippen LogP contribution in [0.5, 0.6) is 0 Å². The van der Waals surface area contributed by atoms with Crippen molar-refractivity contribution in [2.75, 3.05) is 17.6 Å². The maximum absolute atomic E-state index is 13.0. The molecule has 1 unspecified atom stereocenters. The zero-order valence-corrected chi connectivity index (χ0v) is 7.87. The minimum atomic E-state index is -0.551. The van der Waals surface area contributed by atoms with Gasteiger partial charge in [-0.15, -0.1) is 0 Å². The van der Waals surface area contributed by atoms with Gasteiger partial charge in [0.1, 0.15) is 0 Å². The second kappa shape index (κ2) is 4.71. The highest BCUT2D eigenvalue weighted by atomic mass is 19.1. The molecule has 14 heavy (non-hydrogen) atoms. The van der Waals surface area contributed by atoms with Crippen LogP contribution in [0.3, 0.4) is 0 Å². The highest BCUT2D eigenvalue weighted by Gasteiger charge is 2.04. The number of nitrogens with zero attached hydrogens (tertiary/aromatic N) is 2. The van der Waals surface area contributed by atoms with Gasteiger partial charge in [0.15, 0.2) is 11.6 Å². The number of rotatable bonds is 4. The molecule has 0 aromatic carbocycles. The van der Waals surface area contributed by atoms with E-state index in [1.807, 2.05) is 0 Å². The Balaban J connectivity index is 2.53. The molecule has 4 N–H and O–H groups in total. The van der Waals surface area contributed by atoms with Gasteiger partial charge >= 0.3 is 0 Å². The topological polar surface area (TPSA) is 84.1 Å². The summed E-state index contributed by atoms with van der Waals surface area (Å²) in [6.07, 6.45) is 1.10. The minimum absolute atomic E-state index is 0.0194. The quantitative estimate of drug-likeness (QED) is 0.654. The molecule has 0 aliphatic carbocycles. The standard InChI is InChI=1S/C8H13FN4O/c1-5(14)2-3-11-7-6(9)4-12-8(10)13-7/h4-5,14H,2-3H2,1H3,(H3,10,11,12,13). The molecule has 0 radical (unpaired) electrons. The van der Waals surface area contributed by atoms with Crippen molar-refractivity contribution in [1.29, 1.82) is 0 Å². The monoisotopic (exact) mass is 200 g/mol. The maximum Gasteiger partial charge on any atom is 0.222 e. The van der Waals surface area contributed by atoms with Crippen LogP contribution in [0.1, 0.15) is 13.3 Å². The molecule has 1 rings (SSSR count). The molecule has 1 heterocycles. The Labute approximate surface area is 81.2 Å². The van der Waals surface area contributed by atoms with Gasteiger partial charge in [0, 0.05) is 6.54 Å². The molecule has 0 aliphatic heterocycles. The Bertz CT molecular complexity index is 305. The van der Waals surface area contributed by atoms with E-state index < -0.39 is 11.9 Å². The highest BCUT2D eigenvalue weighted by molar-refractivity contribution is 5.38. The van der Waals surface area contributed by atoms with Crippen molar-refractivity contribution in [2.24, 2.45) is 0 Å². The molecule has 0 spiro atoms. The zero-order chi connectivity index (χ0) is 10.6. The van der Waals surface area contributed by atoms with Crippen LogP contribution in [0.2, 0.25) is 0 Å². The molecule has 6 heteroatoms. The van der Waals surface area contributed by atoms with Crippen molar-refractivity contribution in [2.45, 2.75) is 19.4 Å². The van der Waals surface area contributed by atoms with Gasteiger partial charge < -0.3 is 16.2 Å². The van der Waals surface area contributed by atoms with E-state index in [1.54, 1.807) is 6.92 Å². The van der Waals surface area contributed by atoms with E-state index in [-0.39, 0.29) is 11.8 Å². The van der Waals surface area contributed by atoms with Crippen molar-refractivity contribution in [3.8, 4) is 0 Å². The Hall–Kier alpha value is -1.43. The molecule has 1 aromatic heterocycles. The van der Waals surface area contributed by atoms with Crippen molar-refractivity contribution in [3.63, 3.8) is 0 Å². The lowest BCUT2D eigenvalue weighted by Crippen LogP contribution is -2.12. The molecule has 0 amide bonds. The van der Waals surface area contributed by atoms with Crippen LogP contribution >= 0.6 is 0 Å². The van der Waals surface area contributed by atoms with Crippen LogP contribution in [0.25, 0.3) is 0 Å². The number of nitrogen functional groups attached to an aromatic ring is 1. The first-order valence-electron chi connectivity index (χ1n) is 4.29. The number of halogens is 1. The van der Waals surface area contributed by atoms with E-state index in [0.717, 1.165) is 6.20 Å². The Kier molecular flexibility index (Phi) is 3.58. The third-order valence-electron chi connectivity index (χ3n) is 1.62. The lowest BCUT2D eigenvalue weighted by atomic mass is 10.3. The Morgan fingerprint density at radius 1 is 1.71 bits per heavy atom. The minimum Gasteiger partial charge on any atom is -0.393 e. The maximum atomic E-state index is 13.0. The summed E-state index contributed by atoms with van der Waals surface area (Å²) < 4.78 is 13.0.